The standard InChI is InChI=1S/C40H28N4/c1-2-10-29(11-3-1)36-26-37(30-14-16-31(17-15-30)38-34-12-6-4-8-27(34)22-24-41-38)44-40(43-36)33-20-18-32(19-21-33)39-35-13-7-5-9-28(35)23-25-42-39/h1-26,37H,(H,43,44). The molecule has 0 fully saturated rings. The van der Waals surface area contributed by atoms with Crippen molar-refractivity contribution in [3.63, 3.8) is 0 Å². The van der Waals surface area contributed by atoms with Crippen molar-refractivity contribution in [3.05, 3.63) is 175 Å². The molecule has 1 aliphatic rings. The SMILES string of the molecule is C1=C(c2ccccc2)NC(c2ccc(-c3nccc4ccccc34)cc2)=NC1c1ccc(-c2nccc3ccccc23)cc1. The number of pyridine rings is 2. The molecule has 5 aromatic carbocycles. The summed E-state index contributed by atoms with van der Waals surface area (Å²) < 4.78 is 0. The molecule has 2 aromatic heterocycles. The Balaban J connectivity index is 1.15. The number of hydrogen-bond acceptors (Lipinski definition) is 4. The Bertz CT molecular complexity index is 2170. The maximum absolute atomic E-state index is 5.20. The maximum Gasteiger partial charge on any atom is 0.133 e. The number of aliphatic imine (C=N–C) groups is 1. The highest BCUT2D eigenvalue weighted by atomic mass is 15.0. The Morgan fingerprint density at radius 1 is 0.455 bits per heavy atom. The smallest absolute Gasteiger partial charge is 0.133 e. The second kappa shape index (κ2) is 11.1. The first-order chi connectivity index (χ1) is 21.8. The molecule has 0 bridgehead atoms. The van der Waals surface area contributed by atoms with Crippen LogP contribution in [0.1, 0.15) is 22.7 Å². The van der Waals surface area contributed by atoms with Crippen LogP contribution in [0.15, 0.2) is 163 Å². The van der Waals surface area contributed by atoms with Gasteiger partial charge in [0.05, 0.1) is 17.4 Å². The van der Waals surface area contributed by atoms with Crippen molar-refractivity contribution in [3.8, 4) is 22.5 Å². The summed E-state index contributed by atoms with van der Waals surface area (Å²) in [5, 5.41) is 8.28. The average Bonchev–Trinajstić information content (AvgIpc) is 3.11. The zero-order chi connectivity index (χ0) is 29.3. The van der Waals surface area contributed by atoms with Crippen LogP contribution in [0.5, 0.6) is 0 Å². The molecule has 4 nitrogen and oxygen atoms in total. The van der Waals surface area contributed by atoms with Crippen LogP contribution in [-0.4, -0.2) is 15.8 Å². The zero-order valence-electron chi connectivity index (χ0n) is 23.9. The molecule has 3 heterocycles. The molecular weight excluding hydrogens is 536 g/mol. The molecule has 8 rings (SSSR count). The van der Waals surface area contributed by atoms with Gasteiger partial charge in [-0.1, -0.05) is 127 Å². The monoisotopic (exact) mass is 564 g/mol. The van der Waals surface area contributed by atoms with E-state index >= 15 is 0 Å². The molecule has 1 unspecified atom stereocenters. The van der Waals surface area contributed by atoms with Gasteiger partial charge in [0.2, 0.25) is 0 Å². The van der Waals surface area contributed by atoms with E-state index in [9.17, 15) is 0 Å². The summed E-state index contributed by atoms with van der Waals surface area (Å²) in [5.74, 6) is 0.841. The number of rotatable bonds is 5. The van der Waals surface area contributed by atoms with E-state index in [4.69, 9.17) is 15.0 Å². The van der Waals surface area contributed by atoms with Crippen molar-refractivity contribution in [1.82, 2.24) is 15.3 Å². The molecule has 0 spiro atoms. The van der Waals surface area contributed by atoms with Gasteiger partial charge in [0.25, 0.3) is 0 Å². The van der Waals surface area contributed by atoms with E-state index in [1.54, 1.807) is 0 Å². The van der Waals surface area contributed by atoms with Gasteiger partial charge in [-0.25, -0.2) is 0 Å². The number of benzene rings is 5. The van der Waals surface area contributed by atoms with Crippen LogP contribution in [0.25, 0.3) is 49.8 Å². The van der Waals surface area contributed by atoms with Crippen molar-refractivity contribution >= 4 is 33.1 Å². The molecule has 0 aliphatic carbocycles. The first-order valence-corrected chi connectivity index (χ1v) is 14.8. The van der Waals surface area contributed by atoms with Gasteiger partial charge in [-0.2, -0.15) is 0 Å². The van der Waals surface area contributed by atoms with E-state index in [0.717, 1.165) is 61.5 Å². The van der Waals surface area contributed by atoms with E-state index in [1.807, 2.05) is 18.5 Å². The topological polar surface area (TPSA) is 50.2 Å². The third kappa shape index (κ3) is 4.83. The van der Waals surface area contributed by atoms with Gasteiger partial charge in [0.1, 0.15) is 5.84 Å². The highest BCUT2D eigenvalue weighted by molar-refractivity contribution is 6.05. The van der Waals surface area contributed by atoms with Gasteiger partial charge >= 0.3 is 0 Å². The molecule has 0 amide bonds. The minimum Gasteiger partial charge on any atom is -0.340 e. The van der Waals surface area contributed by atoms with Crippen LogP contribution in [0.3, 0.4) is 0 Å². The molecule has 1 atom stereocenters. The highest BCUT2D eigenvalue weighted by Gasteiger charge is 2.20. The van der Waals surface area contributed by atoms with Crippen LogP contribution in [0.4, 0.5) is 0 Å². The predicted molar refractivity (Wildman–Crippen MR) is 181 cm³/mol. The van der Waals surface area contributed by atoms with Crippen molar-refractivity contribution in [1.29, 1.82) is 0 Å². The molecule has 44 heavy (non-hydrogen) atoms. The summed E-state index contributed by atoms with van der Waals surface area (Å²) >= 11 is 0. The molecule has 0 saturated heterocycles. The van der Waals surface area contributed by atoms with E-state index in [2.05, 4.69) is 145 Å². The van der Waals surface area contributed by atoms with E-state index < -0.39 is 0 Å². The van der Waals surface area contributed by atoms with Gasteiger partial charge < -0.3 is 5.32 Å². The van der Waals surface area contributed by atoms with Gasteiger partial charge in [-0.05, 0) is 40.1 Å². The number of aromatic nitrogens is 2. The van der Waals surface area contributed by atoms with Crippen molar-refractivity contribution in [2.75, 3.05) is 0 Å². The second-order valence-corrected chi connectivity index (χ2v) is 11.0. The molecule has 0 radical (unpaired) electrons. The first-order valence-electron chi connectivity index (χ1n) is 14.8. The van der Waals surface area contributed by atoms with Crippen molar-refractivity contribution in [2.45, 2.75) is 6.04 Å². The molecule has 7 aromatic rings. The fraction of sp³-hybridized carbons (Fsp3) is 0.0250. The summed E-state index contributed by atoms with van der Waals surface area (Å²) in [6.07, 6.45) is 5.96. The zero-order valence-corrected chi connectivity index (χ0v) is 23.9. The quantitative estimate of drug-likeness (QED) is 0.227. The maximum atomic E-state index is 5.20. The predicted octanol–water partition coefficient (Wildman–Crippen LogP) is 9.25. The largest absolute Gasteiger partial charge is 0.340 e. The van der Waals surface area contributed by atoms with Crippen LogP contribution in [0.2, 0.25) is 0 Å². The van der Waals surface area contributed by atoms with E-state index in [1.165, 1.54) is 10.8 Å². The van der Waals surface area contributed by atoms with Gasteiger partial charge in [-0.3, -0.25) is 15.0 Å². The summed E-state index contributed by atoms with van der Waals surface area (Å²) in [5.41, 5.74) is 8.46. The Morgan fingerprint density at radius 3 is 1.59 bits per heavy atom. The van der Waals surface area contributed by atoms with Crippen LogP contribution >= 0.6 is 0 Å². The summed E-state index contributed by atoms with van der Waals surface area (Å²) in [4.78, 5) is 14.6. The normalized spacial score (nSPS) is 14.6. The minimum absolute atomic E-state index is 0.143. The lowest BCUT2D eigenvalue weighted by molar-refractivity contribution is 0.880. The lowest BCUT2D eigenvalue weighted by atomic mass is 9.97. The van der Waals surface area contributed by atoms with Crippen molar-refractivity contribution in [2.24, 2.45) is 4.99 Å². The van der Waals surface area contributed by atoms with Crippen LogP contribution in [-0.2, 0) is 0 Å². The van der Waals surface area contributed by atoms with Crippen molar-refractivity contribution < 1.29 is 0 Å². The molecule has 208 valence electrons. The van der Waals surface area contributed by atoms with Crippen LogP contribution in [0, 0.1) is 0 Å². The molecule has 4 heteroatoms. The molecular formula is C40H28N4. The third-order valence-electron chi connectivity index (χ3n) is 8.24. The lowest BCUT2D eigenvalue weighted by Gasteiger charge is -2.23. The average molecular weight is 565 g/mol. The fourth-order valence-electron chi connectivity index (χ4n) is 5.96. The summed E-state index contributed by atoms with van der Waals surface area (Å²) in [7, 11) is 0. The molecule has 0 saturated carbocycles. The Labute approximate surface area is 256 Å². The highest BCUT2D eigenvalue weighted by Crippen LogP contribution is 2.32. The van der Waals surface area contributed by atoms with Gasteiger partial charge in [-0.15, -0.1) is 0 Å². The summed E-state index contributed by atoms with van der Waals surface area (Å²) in [6.45, 7) is 0. The Morgan fingerprint density at radius 2 is 0.977 bits per heavy atom. The summed E-state index contributed by atoms with van der Waals surface area (Å²) in [6, 6.07) is 48.3. The van der Waals surface area contributed by atoms with E-state index in [0.29, 0.717) is 0 Å². The lowest BCUT2D eigenvalue weighted by Crippen LogP contribution is -2.27. The first kappa shape index (κ1) is 25.8. The molecule has 1 N–H and O–H groups in total. The Kier molecular flexibility index (Phi) is 6.50. The number of nitrogens with zero attached hydrogens (tertiary/aromatic N) is 3. The number of amidine groups is 1. The Hall–Kier alpha value is -5.87. The minimum atomic E-state index is -0.143. The fourth-order valence-corrected chi connectivity index (χ4v) is 5.96. The van der Waals surface area contributed by atoms with E-state index in [-0.39, 0.29) is 6.04 Å². The number of fused-ring (bicyclic) bond motifs is 2. The van der Waals surface area contributed by atoms with Gasteiger partial charge in [0.15, 0.2) is 0 Å². The van der Waals surface area contributed by atoms with Gasteiger partial charge in [0, 0.05) is 45.6 Å². The molecule has 1 aliphatic heterocycles. The number of hydrogen-bond donors (Lipinski definition) is 1. The third-order valence-corrected chi connectivity index (χ3v) is 8.24. The second-order valence-electron chi connectivity index (χ2n) is 11.0. The van der Waals surface area contributed by atoms with Crippen LogP contribution < -0.4 is 5.32 Å². The number of nitrogens with one attached hydrogen (secondary N) is 1.